The standard InChI is InChI=1S/C22H24N4O3S/c1-22(2,3)23-20(27)19(16-12-8-9-13-18(16)29-4)26(15-10-6-5-7-11-15)21(28)17-14-30-25-24-17/h5-14,19H,1-4H3,(H,23,27)/t19-/m1/s1. The normalized spacial score (nSPS) is 12.1. The average Bonchev–Trinajstić information content (AvgIpc) is 3.25. The van der Waals surface area contributed by atoms with Gasteiger partial charge in [-0.25, -0.2) is 0 Å². The van der Waals surface area contributed by atoms with Crippen molar-refractivity contribution in [2.24, 2.45) is 0 Å². The number of amides is 2. The van der Waals surface area contributed by atoms with Crippen molar-refractivity contribution < 1.29 is 14.3 Å². The number of hydrogen-bond acceptors (Lipinski definition) is 6. The van der Waals surface area contributed by atoms with Crippen molar-refractivity contribution in [3.8, 4) is 5.75 Å². The molecule has 1 heterocycles. The number of nitrogens with one attached hydrogen (secondary N) is 1. The summed E-state index contributed by atoms with van der Waals surface area (Å²) in [5.41, 5.74) is 0.815. The topological polar surface area (TPSA) is 84.4 Å². The van der Waals surface area contributed by atoms with Gasteiger partial charge >= 0.3 is 0 Å². The molecule has 3 aromatic rings. The van der Waals surface area contributed by atoms with Gasteiger partial charge in [0.05, 0.1) is 7.11 Å². The Morgan fingerprint density at radius 3 is 2.33 bits per heavy atom. The van der Waals surface area contributed by atoms with Crippen LogP contribution >= 0.6 is 11.5 Å². The summed E-state index contributed by atoms with van der Waals surface area (Å²) in [5.74, 6) is -0.237. The summed E-state index contributed by atoms with van der Waals surface area (Å²) in [6.07, 6.45) is 0. The zero-order chi connectivity index (χ0) is 21.7. The summed E-state index contributed by atoms with van der Waals surface area (Å²) in [6, 6.07) is 15.3. The van der Waals surface area contributed by atoms with Crippen molar-refractivity contribution in [1.82, 2.24) is 14.9 Å². The Bertz CT molecular complexity index is 1000. The van der Waals surface area contributed by atoms with Gasteiger partial charge in [0.15, 0.2) is 5.69 Å². The first-order valence-corrected chi connectivity index (χ1v) is 10.3. The van der Waals surface area contributed by atoms with Gasteiger partial charge in [0.2, 0.25) is 5.91 Å². The molecule has 3 rings (SSSR count). The Morgan fingerprint density at radius 1 is 1.07 bits per heavy atom. The third-order valence-corrected chi connectivity index (χ3v) is 4.78. The van der Waals surface area contributed by atoms with Gasteiger partial charge in [-0.05, 0) is 50.5 Å². The quantitative estimate of drug-likeness (QED) is 0.650. The molecule has 0 bridgehead atoms. The summed E-state index contributed by atoms with van der Waals surface area (Å²) in [6.45, 7) is 5.68. The van der Waals surface area contributed by atoms with Gasteiger partial charge in [-0.1, -0.05) is 40.9 Å². The number of rotatable bonds is 6. The van der Waals surface area contributed by atoms with E-state index in [0.717, 1.165) is 11.5 Å². The van der Waals surface area contributed by atoms with E-state index in [-0.39, 0.29) is 11.6 Å². The summed E-state index contributed by atoms with van der Waals surface area (Å²) in [4.78, 5) is 28.5. The minimum absolute atomic E-state index is 0.173. The number of para-hydroxylation sites is 2. The fraction of sp³-hybridized carbons (Fsp3) is 0.273. The number of benzene rings is 2. The maximum atomic E-state index is 13.5. The monoisotopic (exact) mass is 424 g/mol. The molecular formula is C22H24N4O3S. The predicted octanol–water partition coefficient (Wildman–Crippen LogP) is 3.85. The Hall–Kier alpha value is -3.26. The van der Waals surface area contributed by atoms with Crippen LogP contribution in [0.4, 0.5) is 5.69 Å². The number of hydrogen-bond donors (Lipinski definition) is 1. The van der Waals surface area contributed by atoms with Crippen molar-refractivity contribution in [3.63, 3.8) is 0 Å². The minimum atomic E-state index is -0.975. The van der Waals surface area contributed by atoms with E-state index in [2.05, 4.69) is 14.9 Å². The molecule has 0 spiro atoms. The van der Waals surface area contributed by atoms with Gasteiger partial charge < -0.3 is 10.1 Å². The maximum absolute atomic E-state index is 13.5. The Kier molecular flexibility index (Phi) is 6.47. The molecule has 0 saturated heterocycles. The number of nitrogens with zero attached hydrogens (tertiary/aromatic N) is 3. The highest BCUT2D eigenvalue weighted by molar-refractivity contribution is 7.03. The van der Waals surface area contributed by atoms with Gasteiger partial charge in [-0.2, -0.15) is 0 Å². The molecule has 30 heavy (non-hydrogen) atoms. The van der Waals surface area contributed by atoms with Crippen LogP contribution in [0.25, 0.3) is 0 Å². The van der Waals surface area contributed by atoms with E-state index in [1.165, 1.54) is 12.0 Å². The Labute approximate surface area is 179 Å². The second kappa shape index (κ2) is 9.04. The fourth-order valence-corrected chi connectivity index (χ4v) is 3.51. The van der Waals surface area contributed by atoms with Crippen LogP contribution < -0.4 is 15.0 Å². The van der Waals surface area contributed by atoms with E-state index < -0.39 is 17.5 Å². The van der Waals surface area contributed by atoms with Gasteiger partial charge in [0.25, 0.3) is 5.91 Å². The molecule has 0 radical (unpaired) electrons. The lowest BCUT2D eigenvalue weighted by Gasteiger charge is -2.33. The van der Waals surface area contributed by atoms with Gasteiger partial charge in [-0.15, -0.1) is 5.10 Å². The summed E-state index contributed by atoms with van der Waals surface area (Å²) in [7, 11) is 1.54. The third-order valence-electron chi connectivity index (χ3n) is 4.27. The molecule has 156 valence electrons. The summed E-state index contributed by atoms with van der Waals surface area (Å²) in [5, 5.41) is 8.50. The first kappa shape index (κ1) is 21.4. The molecule has 7 nitrogen and oxygen atoms in total. The second-order valence-electron chi connectivity index (χ2n) is 7.68. The smallest absolute Gasteiger partial charge is 0.280 e. The lowest BCUT2D eigenvalue weighted by Crippen LogP contribution is -2.49. The number of carbonyl (C=O) groups excluding carboxylic acids is 2. The average molecular weight is 425 g/mol. The fourth-order valence-electron chi connectivity index (χ4n) is 3.08. The summed E-state index contributed by atoms with van der Waals surface area (Å²) < 4.78 is 9.33. The number of aromatic nitrogens is 2. The number of carbonyl (C=O) groups is 2. The lowest BCUT2D eigenvalue weighted by molar-refractivity contribution is -0.123. The Balaban J connectivity index is 2.20. The minimum Gasteiger partial charge on any atom is -0.496 e. The number of ether oxygens (including phenoxy) is 1. The van der Waals surface area contributed by atoms with Crippen molar-refractivity contribution in [2.45, 2.75) is 32.4 Å². The first-order chi connectivity index (χ1) is 14.3. The van der Waals surface area contributed by atoms with Crippen molar-refractivity contribution in [2.75, 3.05) is 12.0 Å². The van der Waals surface area contributed by atoms with E-state index in [1.54, 1.807) is 29.6 Å². The molecule has 1 atom stereocenters. The van der Waals surface area contributed by atoms with Crippen LogP contribution in [-0.2, 0) is 4.79 Å². The molecule has 0 aliphatic heterocycles. The lowest BCUT2D eigenvalue weighted by atomic mass is 9.99. The van der Waals surface area contributed by atoms with Crippen LogP contribution in [0.2, 0.25) is 0 Å². The predicted molar refractivity (Wildman–Crippen MR) is 117 cm³/mol. The van der Waals surface area contributed by atoms with E-state index in [0.29, 0.717) is 17.0 Å². The van der Waals surface area contributed by atoms with Crippen LogP contribution in [-0.4, -0.2) is 34.1 Å². The van der Waals surface area contributed by atoms with Gasteiger partial charge in [-0.3, -0.25) is 14.5 Å². The van der Waals surface area contributed by atoms with Gasteiger partial charge in [0.1, 0.15) is 11.8 Å². The van der Waals surface area contributed by atoms with Crippen LogP contribution in [0, 0.1) is 0 Å². The number of anilines is 1. The highest BCUT2D eigenvalue weighted by atomic mass is 32.1. The van der Waals surface area contributed by atoms with Crippen molar-refractivity contribution in [1.29, 1.82) is 0 Å². The highest BCUT2D eigenvalue weighted by Crippen LogP contribution is 2.34. The Morgan fingerprint density at radius 2 is 1.73 bits per heavy atom. The molecule has 0 fully saturated rings. The molecule has 0 aliphatic rings. The van der Waals surface area contributed by atoms with Crippen LogP contribution in [0.1, 0.15) is 42.9 Å². The molecule has 0 saturated carbocycles. The zero-order valence-electron chi connectivity index (χ0n) is 17.3. The highest BCUT2D eigenvalue weighted by Gasteiger charge is 2.37. The van der Waals surface area contributed by atoms with Crippen molar-refractivity contribution >= 4 is 29.0 Å². The van der Waals surface area contributed by atoms with E-state index in [1.807, 2.05) is 51.1 Å². The molecule has 1 aromatic heterocycles. The number of methoxy groups -OCH3 is 1. The largest absolute Gasteiger partial charge is 0.496 e. The van der Waals surface area contributed by atoms with E-state index >= 15 is 0 Å². The molecule has 8 heteroatoms. The van der Waals surface area contributed by atoms with Crippen LogP contribution in [0.15, 0.2) is 60.0 Å². The van der Waals surface area contributed by atoms with Gasteiger partial charge in [0, 0.05) is 22.2 Å². The molecule has 0 unspecified atom stereocenters. The third kappa shape index (κ3) is 4.83. The van der Waals surface area contributed by atoms with Crippen molar-refractivity contribution in [3.05, 3.63) is 71.2 Å². The first-order valence-electron chi connectivity index (χ1n) is 9.42. The molecule has 2 aromatic carbocycles. The SMILES string of the molecule is COc1ccccc1[C@H](C(=O)NC(C)(C)C)N(C(=O)c1csnn1)c1ccccc1. The molecular weight excluding hydrogens is 400 g/mol. The second-order valence-corrected chi connectivity index (χ2v) is 8.29. The summed E-state index contributed by atoms with van der Waals surface area (Å²) >= 11 is 1.08. The molecule has 0 aliphatic carbocycles. The van der Waals surface area contributed by atoms with Crippen LogP contribution in [0.5, 0.6) is 5.75 Å². The van der Waals surface area contributed by atoms with Crippen LogP contribution in [0.3, 0.4) is 0 Å². The maximum Gasteiger partial charge on any atom is 0.280 e. The molecule has 1 N–H and O–H groups in total. The molecule has 2 amide bonds. The zero-order valence-corrected chi connectivity index (χ0v) is 18.1. The van der Waals surface area contributed by atoms with E-state index in [9.17, 15) is 9.59 Å². The van der Waals surface area contributed by atoms with E-state index in [4.69, 9.17) is 4.74 Å².